The van der Waals surface area contributed by atoms with Crippen molar-refractivity contribution in [3.63, 3.8) is 0 Å². The largest absolute Gasteiger partial charge is 0.383 e. The van der Waals surface area contributed by atoms with Gasteiger partial charge in [0.2, 0.25) is 0 Å². The van der Waals surface area contributed by atoms with Crippen LogP contribution in [0.3, 0.4) is 0 Å². The summed E-state index contributed by atoms with van der Waals surface area (Å²) in [5.74, 6) is 0. The van der Waals surface area contributed by atoms with Crippen LogP contribution in [0.5, 0.6) is 0 Å². The second-order valence-corrected chi connectivity index (χ2v) is 12.7. The lowest BCUT2D eigenvalue weighted by atomic mass is 9.96. The number of pyridine rings is 2. The predicted octanol–water partition coefficient (Wildman–Crippen LogP) is 5.84. The topological polar surface area (TPSA) is 137 Å². The van der Waals surface area contributed by atoms with E-state index in [0.29, 0.717) is 69.3 Å². The van der Waals surface area contributed by atoms with Crippen LogP contribution in [0.2, 0.25) is 0 Å². The Balaban J connectivity index is 1.53. The average Bonchev–Trinajstić information content (AvgIpc) is 3.69. The highest BCUT2D eigenvalue weighted by Crippen LogP contribution is 2.48. The molecule has 1 atom stereocenters. The fourth-order valence-corrected chi connectivity index (χ4v) is 5.53. The zero-order chi connectivity index (χ0) is 32.1. The Hall–Kier alpha value is -5.36. The van der Waals surface area contributed by atoms with Gasteiger partial charge in [0.1, 0.15) is 23.4 Å². The van der Waals surface area contributed by atoms with Crippen molar-refractivity contribution in [2.75, 3.05) is 17.2 Å². The molecule has 1 fully saturated rings. The van der Waals surface area contributed by atoms with Gasteiger partial charge >= 0.3 is 0 Å². The highest BCUT2D eigenvalue weighted by atomic mass is 19.3. The SMILES string of the molecule is Cn1ccc2c([C@H](Nc3cc(C#N)c4ncc(C#N)c(NCC(C)(C)C)c4c3)c3cn(C4(C(F)F)CC4)nn3)cccc2c1=O. The van der Waals surface area contributed by atoms with Crippen LogP contribution in [0.1, 0.15) is 62.0 Å². The Bertz CT molecular complexity index is 2090. The van der Waals surface area contributed by atoms with Gasteiger partial charge in [-0.3, -0.25) is 9.78 Å². The van der Waals surface area contributed by atoms with Gasteiger partial charge in [-0.25, -0.2) is 13.5 Å². The van der Waals surface area contributed by atoms with E-state index < -0.39 is 18.0 Å². The highest BCUT2D eigenvalue weighted by molar-refractivity contribution is 5.99. The molecule has 228 valence electrons. The zero-order valence-electron chi connectivity index (χ0n) is 25.3. The first-order valence-electron chi connectivity index (χ1n) is 14.5. The third-order valence-corrected chi connectivity index (χ3v) is 8.22. The van der Waals surface area contributed by atoms with Gasteiger partial charge in [-0.05, 0) is 53.5 Å². The summed E-state index contributed by atoms with van der Waals surface area (Å²) >= 11 is 0. The molecule has 3 heterocycles. The monoisotopic (exact) mass is 607 g/mol. The predicted molar refractivity (Wildman–Crippen MR) is 167 cm³/mol. The number of anilines is 2. The molecule has 45 heavy (non-hydrogen) atoms. The summed E-state index contributed by atoms with van der Waals surface area (Å²) in [6.07, 6.45) is 2.64. The van der Waals surface area contributed by atoms with Crippen LogP contribution >= 0.6 is 0 Å². The van der Waals surface area contributed by atoms with Crippen molar-refractivity contribution < 1.29 is 8.78 Å². The molecular formula is C33H31F2N9O. The molecule has 1 aliphatic rings. The molecule has 2 aromatic carbocycles. The number of hydrogen-bond acceptors (Lipinski definition) is 8. The zero-order valence-corrected chi connectivity index (χ0v) is 25.3. The van der Waals surface area contributed by atoms with Gasteiger partial charge in [-0.2, -0.15) is 10.5 Å². The van der Waals surface area contributed by atoms with Crippen LogP contribution < -0.4 is 16.2 Å². The third-order valence-electron chi connectivity index (χ3n) is 8.22. The van der Waals surface area contributed by atoms with Crippen LogP contribution in [0.15, 0.2) is 59.8 Å². The second-order valence-electron chi connectivity index (χ2n) is 12.7. The fraction of sp³-hybridized carbons (Fsp3) is 0.333. The molecule has 0 spiro atoms. The van der Waals surface area contributed by atoms with Crippen molar-refractivity contribution in [2.24, 2.45) is 12.5 Å². The van der Waals surface area contributed by atoms with Gasteiger partial charge < -0.3 is 15.2 Å². The average molecular weight is 608 g/mol. The summed E-state index contributed by atoms with van der Waals surface area (Å²) < 4.78 is 30.7. The van der Waals surface area contributed by atoms with Crippen LogP contribution in [0.4, 0.5) is 20.2 Å². The van der Waals surface area contributed by atoms with Crippen LogP contribution in [-0.2, 0) is 12.6 Å². The standard InChI is InChI=1S/C33H31F2N9O/c1-32(2,3)18-39-28-20(15-37)16-38-27-19(14-36)12-21(13-25(27)28)40-29(26-17-44(42-41-26)33(9-10-33)31(34)35)23-6-5-7-24-22(23)8-11-43(4)30(24)45/h5-8,11-13,16-17,29,31,40H,9-10,18H2,1-4H3,(H,38,39)/t29-/m0/s1. The number of nitrogens with one attached hydrogen (secondary N) is 2. The Kier molecular flexibility index (Phi) is 7.24. The third kappa shape index (κ3) is 5.33. The summed E-state index contributed by atoms with van der Waals surface area (Å²) in [7, 11) is 1.67. The number of alkyl halides is 2. The molecule has 0 radical (unpaired) electrons. The summed E-state index contributed by atoms with van der Waals surface area (Å²) in [5, 5.41) is 37.0. The lowest BCUT2D eigenvalue weighted by Crippen LogP contribution is -2.26. The van der Waals surface area contributed by atoms with E-state index in [0.717, 1.165) is 0 Å². The molecule has 6 rings (SSSR count). The van der Waals surface area contributed by atoms with E-state index in [4.69, 9.17) is 0 Å². The minimum Gasteiger partial charge on any atom is -0.383 e. The lowest BCUT2D eigenvalue weighted by molar-refractivity contribution is 0.0593. The van der Waals surface area contributed by atoms with Crippen LogP contribution in [0, 0.1) is 28.1 Å². The number of aryl methyl sites for hydroxylation is 1. The van der Waals surface area contributed by atoms with E-state index in [9.17, 15) is 24.1 Å². The summed E-state index contributed by atoms with van der Waals surface area (Å²) in [4.78, 5) is 17.5. The smallest absolute Gasteiger partial charge is 0.263 e. The molecule has 1 aliphatic carbocycles. The molecule has 5 aromatic rings. The van der Waals surface area contributed by atoms with Gasteiger partial charge in [0.25, 0.3) is 12.0 Å². The minimum absolute atomic E-state index is 0.101. The Morgan fingerprint density at radius 2 is 1.82 bits per heavy atom. The first-order valence-corrected chi connectivity index (χ1v) is 14.5. The molecule has 0 aliphatic heterocycles. The number of hydrogen-bond donors (Lipinski definition) is 2. The van der Waals surface area contributed by atoms with Gasteiger partial charge in [0, 0.05) is 42.4 Å². The molecule has 1 saturated carbocycles. The maximum Gasteiger partial charge on any atom is 0.263 e. The summed E-state index contributed by atoms with van der Waals surface area (Å²) in [6, 6.07) is 14.3. The van der Waals surface area contributed by atoms with Gasteiger partial charge in [-0.15, -0.1) is 5.10 Å². The van der Waals surface area contributed by atoms with Crippen molar-refractivity contribution in [2.45, 2.75) is 51.6 Å². The molecule has 12 heteroatoms. The maximum absolute atomic E-state index is 14.0. The van der Waals surface area contributed by atoms with E-state index in [1.54, 1.807) is 37.5 Å². The Morgan fingerprint density at radius 3 is 2.49 bits per heavy atom. The second kappa shape index (κ2) is 11.0. The Labute approximate surface area is 257 Å². The summed E-state index contributed by atoms with van der Waals surface area (Å²) in [6.45, 7) is 6.76. The molecule has 0 unspecified atom stereocenters. The molecule has 2 N–H and O–H groups in total. The summed E-state index contributed by atoms with van der Waals surface area (Å²) in [5.41, 5.74) is 1.48. The maximum atomic E-state index is 14.0. The van der Waals surface area contributed by atoms with E-state index in [-0.39, 0.29) is 16.5 Å². The fourth-order valence-electron chi connectivity index (χ4n) is 5.53. The van der Waals surface area contributed by atoms with Gasteiger partial charge in [0.05, 0.1) is 34.6 Å². The van der Waals surface area contributed by atoms with Crippen LogP contribution in [0.25, 0.3) is 21.7 Å². The number of halogens is 2. The highest BCUT2D eigenvalue weighted by Gasteiger charge is 2.54. The molecule has 10 nitrogen and oxygen atoms in total. The van der Waals surface area contributed by atoms with Crippen molar-refractivity contribution in [1.29, 1.82) is 10.5 Å². The van der Waals surface area contributed by atoms with E-state index >= 15 is 0 Å². The van der Waals surface area contributed by atoms with E-state index in [1.807, 2.05) is 12.1 Å². The lowest BCUT2D eigenvalue weighted by Gasteiger charge is -2.23. The van der Waals surface area contributed by atoms with Crippen molar-refractivity contribution in [3.8, 4) is 12.1 Å². The van der Waals surface area contributed by atoms with Crippen molar-refractivity contribution in [1.82, 2.24) is 24.5 Å². The molecule has 0 bridgehead atoms. The number of aromatic nitrogens is 5. The van der Waals surface area contributed by atoms with Crippen LogP contribution in [-0.4, -0.2) is 37.5 Å². The number of benzene rings is 2. The molecule has 0 saturated heterocycles. The van der Waals surface area contributed by atoms with Gasteiger partial charge in [-0.1, -0.05) is 38.1 Å². The number of nitriles is 2. The van der Waals surface area contributed by atoms with Crippen molar-refractivity contribution >= 4 is 33.1 Å². The first-order chi connectivity index (χ1) is 21.5. The molecular weight excluding hydrogens is 576 g/mol. The van der Waals surface area contributed by atoms with E-state index in [1.165, 1.54) is 21.6 Å². The normalized spacial score (nSPS) is 14.7. The van der Waals surface area contributed by atoms with E-state index in [2.05, 4.69) is 58.8 Å². The van der Waals surface area contributed by atoms with Crippen molar-refractivity contribution in [3.05, 3.63) is 87.7 Å². The number of nitrogens with zero attached hydrogens (tertiary/aromatic N) is 7. The minimum atomic E-state index is -2.60. The Morgan fingerprint density at radius 1 is 1.07 bits per heavy atom. The number of fused-ring (bicyclic) bond motifs is 2. The molecule has 0 amide bonds. The first kappa shape index (κ1) is 29.7. The number of rotatable bonds is 8. The molecule has 3 aromatic heterocycles. The quantitative estimate of drug-likeness (QED) is 0.225. The van der Waals surface area contributed by atoms with Gasteiger partial charge in [0.15, 0.2) is 0 Å².